The summed E-state index contributed by atoms with van der Waals surface area (Å²) in [5, 5.41) is 5.71. The first-order chi connectivity index (χ1) is 13.8. The van der Waals surface area contributed by atoms with Gasteiger partial charge >= 0.3 is 5.97 Å². The molecule has 0 unspecified atom stereocenters. The number of carbonyl (C=O) groups is 3. The minimum absolute atomic E-state index is 0.0532. The van der Waals surface area contributed by atoms with Crippen molar-refractivity contribution in [3.63, 3.8) is 0 Å². The van der Waals surface area contributed by atoms with Crippen molar-refractivity contribution in [1.29, 1.82) is 0 Å². The van der Waals surface area contributed by atoms with E-state index in [1.807, 2.05) is 27.7 Å². The molecule has 0 aliphatic heterocycles. The second-order valence-electron chi connectivity index (χ2n) is 9.93. The minimum atomic E-state index is -1.52. The molecule has 1 heterocycles. The number of aromatic nitrogens is 1. The van der Waals surface area contributed by atoms with Crippen LogP contribution in [0.4, 0.5) is 0 Å². The highest BCUT2D eigenvalue weighted by molar-refractivity contribution is 6.76. The van der Waals surface area contributed by atoms with Crippen LogP contribution in [0.1, 0.15) is 44.6 Å². The normalized spacial score (nSPS) is 14.9. The minimum Gasteiger partial charge on any atom is -0.467 e. The van der Waals surface area contributed by atoms with Gasteiger partial charge in [-0.25, -0.2) is 4.79 Å². The maximum absolute atomic E-state index is 13.3. The molecule has 0 radical (unpaired) electrons. The van der Waals surface area contributed by atoms with E-state index in [4.69, 9.17) is 4.74 Å². The van der Waals surface area contributed by atoms with Crippen LogP contribution in [0, 0.1) is 11.3 Å². The van der Waals surface area contributed by atoms with Crippen molar-refractivity contribution in [1.82, 2.24) is 15.6 Å². The van der Waals surface area contributed by atoms with Crippen molar-refractivity contribution in [2.45, 2.75) is 71.9 Å². The van der Waals surface area contributed by atoms with Crippen molar-refractivity contribution in [3.8, 4) is 0 Å². The number of hydrogen-bond acceptors (Lipinski definition) is 5. The van der Waals surface area contributed by atoms with Crippen LogP contribution in [-0.2, 0) is 14.3 Å². The zero-order chi connectivity index (χ0) is 23.1. The first kappa shape index (κ1) is 25.8. The van der Waals surface area contributed by atoms with Crippen LogP contribution in [0.25, 0.3) is 0 Å². The Morgan fingerprint density at radius 2 is 1.77 bits per heavy atom. The van der Waals surface area contributed by atoms with Crippen molar-refractivity contribution in [3.05, 3.63) is 30.1 Å². The number of methoxy groups -OCH3 is 1. The van der Waals surface area contributed by atoms with Gasteiger partial charge in [0.1, 0.15) is 17.8 Å². The average Bonchev–Trinajstić information content (AvgIpc) is 2.66. The lowest BCUT2D eigenvalue weighted by Crippen LogP contribution is -2.58. The van der Waals surface area contributed by atoms with Gasteiger partial charge in [-0.1, -0.05) is 65.9 Å². The molecule has 0 spiro atoms. The summed E-state index contributed by atoms with van der Waals surface area (Å²) in [5.74, 6) is -1.35. The van der Waals surface area contributed by atoms with Crippen molar-refractivity contribution in [2.75, 3.05) is 7.11 Å². The molecule has 0 aliphatic rings. The number of ether oxygens (including phenoxy) is 1. The molecule has 1 aromatic rings. The zero-order valence-corrected chi connectivity index (χ0v) is 20.5. The van der Waals surface area contributed by atoms with E-state index >= 15 is 0 Å². The number of nitrogens with zero attached hydrogens (tertiary/aromatic N) is 1. The largest absolute Gasteiger partial charge is 0.467 e. The number of pyridine rings is 1. The lowest BCUT2D eigenvalue weighted by molar-refractivity contribution is -0.148. The SMILES string of the molecule is CC[C@H](C[Si](C)(C)C)[C@H](NC(=O)c1ccccn1)C(=O)N[C@H](C(=O)OC)C(C)(C)C. The summed E-state index contributed by atoms with van der Waals surface area (Å²) < 4.78 is 4.89. The summed E-state index contributed by atoms with van der Waals surface area (Å²) in [6.45, 7) is 14.3. The third kappa shape index (κ3) is 7.89. The third-order valence-electron chi connectivity index (χ3n) is 4.93. The Balaban J connectivity index is 3.21. The van der Waals surface area contributed by atoms with E-state index < -0.39 is 37.4 Å². The fraction of sp³-hybridized carbons (Fsp3) is 0.636. The predicted molar refractivity (Wildman–Crippen MR) is 121 cm³/mol. The molecule has 168 valence electrons. The number of esters is 1. The van der Waals surface area contributed by atoms with Crippen LogP contribution in [0.5, 0.6) is 0 Å². The molecule has 0 saturated carbocycles. The van der Waals surface area contributed by atoms with Gasteiger partial charge in [0.2, 0.25) is 5.91 Å². The molecule has 0 aliphatic carbocycles. The Labute approximate surface area is 181 Å². The first-order valence-electron chi connectivity index (χ1n) is 10.4. The molecule has 2 amide bonds. The van der Waals surface area contributed by atoms with E-state index in [1.54, 1.807) is 18.2 Å². The van der Waals surface area contributed by atoms with Crippen molar-refractivity contribution < 1.29 is 19.1 Å². The molecule has 0 fully saturated rings. The van der Waals surface area contributed by atoms with Gasteiger partial charge in [-0.2, -0.15) is 0 Å². The quantitative estimate of drug-likeness (QED) is 0.458. The Morgan fingerprint density at radius 3 is 2.20 bits per heavy atom. The molecule has 8 heteroatoms. The Bertz CT molecular complexity index is 726. The summed E-state index contributed by atoms with van der Waals surface area (Å²) in [5.41, 5.74) is -0.294. The molecule has 2 N–H and O–H groups in total. The summed E-state index contributed by atoms with van der Waals surface area (Å²) in [4.78, 5) is 42.5. The summed E-state index contributed by atoms with van der Waals surface area (Å²) in [7, 11) is -0.225. The second-order valence-corrected chi connectivity index (χ2v) is 15.5. The predicted octanol–water partition coefficient (Wildman–Crippen LogP) is 3.25. The third-order valence-corrected chi connectivity index (χ3v) is 6.68. The van der Waals surface area contributed by atoms with Gasteiger partial charge in [0.05, 0.1) is 7.11 Å². The molecule has 3 atom stereocenters. The standard InChI is InChI=1S/C22H37N3O4Si/c1-9-15(14-30(6,7)8)17(24-19(26)16-12-10-11-13-23-16)20(27)25-18(21(28)29-5)22(2,3)4/h10-13,15,17-18H,9,14H2,1-8H3,(H,24,26)(H,25,27)/t15-,17+,18-/m1/s1. The molecule has 7 nitrogen and oxygen atoms in total. The highest BCUT2D eigenvalue weighted by Crippen LogP contribution is 2.25. The number of amides is 2. The van der Waals surface area contributed by atoms with Gasteiger partial charge in [0, 0.05) is 14.3 Å². The van der Waals surface area contributed by atoms with E-state index in [0.717, 1.165) is 12.5 Å². The molecular formula is C22H37N3O4Si. The Hall–Kier alpha value is -2.22. The summed E-state index contributed by atoms with van der Waals surface area (Å²) >= 11 is 0. The van der Waals surface area contributed by atoms with Gasteiger partial charge in [-0.05, 0) is 23.5 Å². The van der Waals surface area contributed by atoms with Gasteiger partial charge in [-0.3, -0.25) is 14.6 Å². The van der Waals surface area contributed by atoms with E-state index in [1.165, 1.54) is 13.3 Å². The number of nitrogens with one attached hydrogen (secondary N) is 2. The molecule has 1 aromatic heterocycles. The Kier molecular flexibility index (Phi) is 9.21. The van der Waals surface area contributed by atoms with E-state index in [2.05, 4.69) is 35.3 Å². The van der Waals surface area contributed by atoms with Crippen LogP contribution >= 0.6 is 0 Å². The topological polar surface area (TPSA) is 97.4 Å². The lowest BCUT2D eigenvalue weighted by Gasteiger charge is -2.34. The smallest absolute Gasteiger partial charge is 0.328 e. The highest BCUT2D eigenvalue weighted by Gasteiger charge is 2.38. The summed E-state index contributed by atoms with van der Waals surface area (Å²) in [6, 6.07) is 4.33. The zero-order valence-electron chi connectivity index (χ0n) is 19.5. The highest BCUT2D eigenvalue weighted by atomic mass is 28.3. The van der Waals surface area contributed by atoms with Crippen LogP contribution in [-0.4, -0.2) is 50.0 Å². The van der Waals surface area contributed by atoms with Crippen molar-refractivity contribution in [2.24, 2.45) is 11.3 Å². The second kappa shape index (κ2) is 10.7. The fourth-order valence-corrected chi connectivity index (χ4v) is 5.47. The maximum Gasteiger partial charge on any atom is 0.328 e. The van der Waals surface area contributed by atoms with E-state index in [0.29, 0.717) is 0 Å². The van der Waals surface area contributed by atoms with Crippen LogP contribution in [0.2, 0.25) is 25.7 Å². The number of carbonyl (C=O) groups excluding carboxylic acids is 3. The van der Waals surface area contributed by atoms with Gasteiger partial charge in [0.15, 0.2) is 0 Å². The molecule has 0 saturated heterocycles. The molecule has 0 aromatic carbocycles. The molecular weight excluding hydrogens is 398 g/mol. The Morgan fingerprint density at radius 1 is 1.13 bits per heavy atom. The van der Waals surface area contributed by atoms with E-state index in [-0.39, 0.29) is 17.5 Å². The van der Waals surface area contributed by atoms with Gasteiger partial charge < -0.3 is 15.4 Å². The van der Waals surface area contributed by atoms with Crippen LogP contribution < -0.4 is 10.6 Å². The molecule has 0 bridgehead atoms. The summed E-state index contributed by atoms with van der Waals surface area (Å²) in [6.07, 6.45) is 2.26. The van der Waals surface area contributed by atoms with Gasteiger partial charge in [0.25, 0.3) is 5.91 Å². The fourth-order valence-electron chi connectivity index (χ4n) is 3.37. The van der Waals surface area contributed by atoms with Crippen LogP contribution in [0.3, 0.4) is 0 Å². The molecule has 30 heavy (non-hydrogen) atoms. The van der Waals surface area contributed by atoms with Gasteiger partial charge in [-0.15, -0.1) is 0 Å². The first-order valence-corrected chi connectivity index (χ1v) is 14.1. The molecule has 1 rings (SSSR count). The average molecular weight is 436 g/mol. The van der Waals surface area contributed by atoms with Crippen LogP contribution in [0.15, 0.2) is 24.4 Å². The number of rotatable bonds is 9. The monoisotopic (exact) mass is 435 g/mol. The maximum atomic E-state index is 13.3. The van der Waals surface area contributed by atoms with Crippen molar-refractivity contribution >= 4 is 25.9 Å². The number of hydrogen-bond donors (Lipinski definition) is 2. The lowest BCUT2D eigenvalue weighted by atomic mass is 9.86. The van der Waals surface area contributed by atoms with E-state index in [9.17, 15) is 14.4 Å².